The van der Waals surface area contributed by atoms with Gasteiger partial charge in [0.1, 0.15) is 12.4 Å². The van der Waals surface area contributed by atoms with Crippen LogP contribution >= 0.6 is 0 Å². The molecule has 4 aromatic rings. The number of hydrogen-bond donors (Lipinski definition) is 2. The van der Waals surface area contributed by atoms with Gasteiger partial charge in [0, 0.05) is 23.1 Å². The van der Waals surface area contributed by atoms with Gasteiger partial charge in [0.15, 0.2) is 0 Å². The van der Waals surface area contributed by atoms with Crippen LogP contribution in [0.5, 0.6) is 5.75 Å². The molecule has 0 saturated carbocycles. The van der Waals surface area contributed by atoms with Crippen molar-refractivity contribution in [3.8, 4) is 5.75 Å². The summed E-state index contributed by atoms with van der Waals surface area (Å²) in [6.45, 7) is 9.89. The van der Waals surface area contributed by atoms with E-state index in [-0.39, 0.29) is 0 Å². The molecule has 180 valence electrons. The van der Waals surface area contributed by atoms with Crippen LogP contribution in [0.1, 0.15) is 49.1 Å². The first-order valence-corrected chi connectivity index (χ1v) is 12.1. The third kappa shape index (κ3) is 9.14. The molecule has 0 saturated heterocycles. The summed E-state index contributed by atoms with van der Waals surface area (Å²) in [7, 11) is 0. The molecule has 1 aromatic heterocycles. The lowest BCUT2D eigenvalue weighted by molar-refractivity contribution is -0.109. The Morgan fingerprint density at radius 3 is 2.09 bits per heavy atom. The van der Waals surface area contributed by atoms with Crippen molar-refractivity contribution < 1.29 is 9.53 Å². The number of amides is 1. The van der Waals surface area contributed by atoms with Crippen molar-refractivity contribution in [1.82, 2.24) is 10.3 Å². The predicted molar refractivity (Wildman–Crippen MR) is 143 cm³/mol. The van der Waals surface area contributed by atoms with Crippen molar-refractivity contribution in [2.24, 2.45) is 0 Å². The van der Waals surface area contributed by atoms with Gasteiger partial charge in [-0.3, -0.25) is 4.79 Å². The van der Waals surface area contributed by atoms with Gasteiger partial charge in [0.05, 0.1) is 0 Å². The summed E-state index contributed by atoms with van der Waals surface area (Å²) in [6.07, 6.45) is 3.98. The monoisotopic (exact) mass is 458 g/mol. The number of nitrogens with one attached hydrogen (secondary N) is 2. The van der Waals surface area contributed by atoms with Crippen LogP contribution in [0.4, 0.5) is 0 Å². The maximum atomic E-state index is 9.45. The lowest BCUT2D eigenvalue weighted by atomic mass is 10.1. The number of carbonyl (C=O) groups excluding carboxylic acids is 1. The van der Waals surface area contributed by atoms with Crippen LogP contribution in [-0.4, -0.2) is 17.9 Å². The molecule has 3 aromatic carbocycles. The third-order valence-corrected chi connectivity index (χ3v) is 5.30. The number of carbonyl (C=O) groups is 1. The molecular weight excluding hydrogens is 420 g/mol. The maximum absolute atomic E-state index is 9.45. The number of H-pyrrole nitrogens is 1. The molecule has 0 aliphatic heterocycles. The largest absolute Gasteiger partial charge is 0.489 e. The molecule has 0 aliphatic carbocycles. The highest BCUT2D eigenvalue weighted by Crippen LogP contribution is 2.27. The molecule has 34 heavy (non-hydrogen) atoms. The highest BCUT2D eigenvalue weighted by molar-refractivity contribution is 5.85. The van der Waals surface area contributed by atoms with E-state index < -0.39 is 0 Å². The molecule has 0 radical (unpaired) electrons. The summed E-state index contributed by atoms with van der Waals surface area (Å²) in [5.41, 5.74) is 6.39. The number of aryl methyl sites for hydroxylation is 3. The topological polar surface area (TPSA) is 54.1 Å². The molecule has 0 spiro atoms. The van der Waals surface area contributed by atoms with Gasteiger partial charge in [-0.15, -0.1) is 0 Å². The molecule has 0 unspecified atom stereocenters. The van der Waals surface area contributed by atoms with Crippen LogP contribution in [0, 0.1) is 13.8 Å². The number of aromatic nitrogens is 1. The van der Waals surface area contributed by atoms with E-state index >= 15 is 0 Å². The van der Waals surface area contributed by atoms with E-state index in [0.29, 0.717) is 13.0 Å². The summed E-state index contributed by atoms with van der Waals surface area (Å²) < 4.78 is 5.91. The van der Waals surface area contributed by atoms with Crippen LogP contribution in [0.25, 0.3) is 10.9 Å². The maximum Gasteiger partial charge on any atom is 0.207 e. The molecule has 4 nitrogen and oxygen atoms in total. The zero-order valence-electron chi connectivity index (χ0n) is 20.9. The second-order valence-corrected chi connectivity index (χ2v) is 8.19. The first-order valence-electron chi connectivity index (χ1n) is 12.1. The standard InChI is InChI=1S/C19H21NO.C7H8.C4H9NO/c1-3-7-18-14(2)17-12-16(10-11-19(17)20-18)21-13-15-8-5-4-6-9-15;1-7-5-3-2-4-6-7;1-2-3-5-4-6/h4-6,8-12,20H,3,7,13H2,1-2H3;2-6H,1H3;4H,2-3H2,1H3,(H,5,6). The van der Waals surface area contributed by atoms with Crippen LogP contribution < -0.4 is 10.1 Å². The van der Waals surface area contributed by atoms with E-state index in [1.54, 1.807) is 0 Å². The molecule has 1 heterocycles. The lowest BCUT2D eigenvalue weighted by Gasteiger charge is -2.06. The van der Waals surface area contributed by atoms with Gasteiger partial charge in [-0.1, -0.05) is 86.5 Å². The highest BCUT2D eigenvalue weighted by Gasteiger charge is 2.08. The Morgan fingerprint density at radius 2 is 1.56 bits per heavy atom. The van der Waals surface area contributed by atoms with E-state index in [4.69, 9.17) is 4.74 Å². The van der Waals surface area contributed by atoms with Crippen LogP contribution in [-0.2, 0) is 17.8 Å². The average Bonchev–Trinajstić information content (AvgIpc) is 3.18. The van der Waals surface area contributed by atoms with Crippen molar-refractivity contribution in [3.63, 3.8) is 0 Å². The lowest BCUT2D eigenvalue weighted by Crippen LogP contribution is -2.10. The highest BCUT2D eigenvalue weighted by atomic mass is 16.5. The normalized spacial score (nSPS) is 9.88. The molecule has 4 rings (SSSR count). The Morgan fingerprint density at radius 1 is 0.882 bits per heavy atom. The fourth-order valence-electron chi connectivity index (χ4n) is 3.43. The van der Waals surface area contributed by atoms with Crippen molar-refractivity contribution in [2.45, 2.75) is 53.6 Å². The molecule has 4 heteroatoms. The number of ether oxygens (including phenoxy) is 1. The summed E-state index contributed by atoms with van der Waals surface area (Å²) in [5.74, 6) is 0.927. The van der Waals surface area contributed by atoms with E-state index in [0.717, 1.165) is 31.6 Å². The van der Waals surface area contributed by atoms with E-state index in [9.17, 15) is 4.79 Å². The molecular formula is C30H38N2O2. The smallest absolute Gasteiger partial charge is 0.207 e. The summed E-state index contributed by atoms with van der Waals surface area (Å²) in [6, 6.07) is 26.8. The Labute approximate surface area is 204 Å². The quantitative estimate of drug-likeness (QED) is 0.218. The molecule has 1 amide bonds. The number of aromatic amines is 1. The van der Waals surface area contributed by atoms with Crippen LogP contribution in [0.3, 0.4) is 0 Å². The fraction of sp³-hybridized carbons (Fsp3) is 0.300. The van der Waals surface area contributed by atoms with Crippen molar-refractivity contribution in [3.05, 3.63) is 101 Å². The Bertz CT molecular complexity index is 1090. The number of hydrogen-bond acceptors (Lipinski definition) is 2. The van der Waals surface area contributed by atoms with E-state index in [1.807, 2.05) is 49.4 Å². The minimum atomic E-state index is 0.609. The average molecular weight is 459 g/mol. The van der Waals surface area contributed by atoms with Crippen molar-refractivity contribution in [2.75, 3.05) is 6.54 Å². The van der Waals surface area contributed by atoms with Crippen LogP contribution in [0.2, 0.25) is 0 Å². The molecule has 0 fully saturated rings. The molecule has 0 atom stereocenters. The van der Waals surface area contributed by atoms with Crippen molar-refractivity contribution >= 4 is 17.3 Å². The molecule has 0 bridgehead atoms. The second-order valence-electron chi connectivity index (χ2n) is 8.19. The fourth-order valence-corrected chi connectivity index (χ4v) is 3.43. The Balaban J connectivity index is 0.000000257. The van der Waals surface area contributed by atoms with Crippen molar-refractivity contribution in [1.29, 1.82) is 0 Å². The first-order chi connectivity index (χ1) is 16.6. The zero-order valence-corrected chi connectivity index (χ0v) is 20.9. The SMILES string of the molecule is CCCNC=O.CCCc1[nH]c2ccc(OCc3ccccc3)cc2c1C.Cc1ccccc1. The van der Waals surface area contributed by atoms with Gasteiger partial charge >= 0.3 is 0 Å². The van der Waals surface area contributed by atoms with Gasteiger partial charge in [-0.25, -0.2) is 0 Å². The summed E-state index contributed by atoms with van der Waals surface area (Å²) >= 11 is 0. The van der Waals surface area contributed by atoms with Gasteiger partial charge in [-0.2, -0.15) is 0 Å². The second kappa shape index (κ2) is 15.3. The Kier molecular flexibility index (Phi) is 12.0. The predicted octanol–water partition coefficient (Wildman–Crippen LogP) is 7.15. The van der Waals surface area contributed by atoms with E-state index in [1.165, 1.54) is 33.3 Å². The zero-order chi connectivity index (χ0) is 24.6. The third-order valence-electron chi connectivity index (χ3n) is 5.30. The Hall–Kier alpha value is -3.53. The van der Waals surface area contributed by atoms with Gasteiger partial charge < -0.3 is 15.0 Å². The van der Waals surface area contributed by atoms with Gasteiger partial charge in [0.25, 0.3) is 0 Å². The number of benzene rings is 3. The molecule has 2 N–H and O–H groups in total. The first kappa shape index (κ1) is 26.7. The van der Waals surface area contributed by atoms with Gasteiger partial charge in [0.2, 0.25) is 6.41 Å². The van der Waals surface area contributed by atoms with E-state index in [2.05, 4.69) is 67.5 Å². The molecule has 0 aliphatic rings. The van der Waals surface area contributed by atoms with Crippen LogP contribution in [0.15, 0.2) is 78.9 Å². The van der Waals surface area contributed by atoms with Gasteiger partial charge in [-0.05, 0) is 56.0 Å². The minimum Gasteiger partial charge on any atom is -0.489 e. The number of rotatable bonds is 8. The summed E-state index contributed by atoms with van der Waals surface area (Å²) in [4.78, 5) is 13.0. The minimum absolute atomic E-state index is 0.609. The number of fused-ring (bicyclic) bond motifs is 1. The summed E-state index contributed by atoms with van der Waals surface area (Å²) in [5, 5.41) is 3.78.